The number of amides is 1. The van der Waals surface area contributed by atoms with Crippen molar-refractivity contribution >= 4 is 24.2 Å². The average molecular weight is 342 g/mol. The number of likely N-dealkylation sites (tertiary alicyclic amines) is 1. The quantitative estimate of drug-likeness (QED) is 0.767. The summed E-state index contributed by atoms with van der Waals surface area (Å²) in [7, 11) is -0.322. The predicted molar refractivity (Wildman–Crippen MR) is 99.1 cm³/mol. The Balaban J connectivity index is 1.43. The summed E-state index contributed by atoms with van der Waals surface area (Å²) >= 11 is 0. The van der Waals surface area contributed by atoms with Crippen molar-refractivity contribution in [1.29, 1.82) is 0 Å². The first-order valence-electron chi connectivity index (χ1n) is 9.07. The molecule has 3 aliphatic rings. The average Bonchev–Trinajstić information content (AvgIpc) is 2.64. The lowest BCUT2D eigenvalue weighted by molar-refractivity contribution is -0.142. The zero-order chi connectivity index (χ0) is 18.0. The third-order valence-electron chi connectivity index (χ3n) is 6.31. The van der Waals surface area contributed by atoms with Crippen molar-refractivity contribution in [3.05, 3.63) is 24.3 Å². The molecule has 0 atom stereocenters. The fourth-order valence-electron chi connectivity index (χ4n) is 3.98. The Labute approximate surface area is 150 Å². The first-order valence-corrected chi connectivity index (χ1v) is 9.07. The first kappa shape index (κ1) is 16.9. The summed E-state index contributed by atoms with van der Waals surface area (Å²) in [6, 6.07) is 8.46. The fourth-order valence-corrected chi connectivity index (χ4v) is 3.98. The van der Waals surface area contributed by atoms with Gasteiger partial charge in [0.05, 0.1) is 11.2 Å². The molecule has 0 aromatic heterocycles. The van der Waals surface area contributed by atoms with Gasteiger partial charge in [-0.15, -0.1) is 0 Å². The monoisotopic (exact) mass is 342 g/mol. The molecular weight excluding hydrogens is 315 g/mol. The predicted octanol–water partition coefficient (Wildman–Crippen LogP) is 1.65. The number of carbonyl (C=O) groups excluding carboxylic acids is 1. The van der Waals surface area contributed by atoms with Crippen LogP contribution in [0.3, 0.4) is 0 Å². The van der Waals surface area contributed by atoms with Crippen molar-refractivity contribution in [2.75, 3.05) is 31.1 Å². The second-order valence-corrected chi connectivity index (χ2v) is 8.91. The van der Waals surface area contributed by atoms with E-state index >= 15 is 0 Å². The molecular formula is C19H27BN2O3. The maximum atomic E-state index is 11.4. The minimum absolute atomic E-state index is 0.187. The lowest BCUT2D eigenvalue weighted by Gasteiger charge is -2.60. The Morgan fingerprint density at radius 1 is 1.04 bits per heavy atom. The van der Waals surface area contributed by atoms with E-state index in [1.54, 1.807) is 6.92 Å². The Hall–Kier alpha value is -1.53. The summed E-state index contributed by atoms with van der Waals surface area (Å²) in [5.41, 5.74) is 1.94. The van der Waals surface area contributed by atoms with Crippen LogP contribution in [0.2, 0.25) is 0 Å². The molecule has 3 saturated heterocycles. The fraction of sp³-hybridized carbons (Fsp3) is 0.632. The van der Waals surface area contributed by atoms with Gasteiger partial charge in [0.15, 0.2) is 0 Å². The van der Waals surface area contributed by atoms with Crippen LogP contribution in [0.5, 0.6) is 0 Å². The standard InChI is InChI=1S/C19H27BN2O3/c1-14(23)21-10-19(11-21)12-22(13-19)16-8-6-7-15(9-16)20-24-17(2,3)18(4,5)25-20/h6-9H,10-13H2,1-5H3. The van der Waals surface area contributed by atoms with Crippen molar-refractivity contribution in [2.45, 2.75) is 45.8 Å². The van der Waals surface area contributed by atoms with Crippen molar-refractivity contribution in [3.8, 4) is 0 Å². The van der Waals surface area contributed by atoms with Crippen molar-refractivity contribution in [1.82, 2.24) is 4.90 Å². The minimum atomic E-state index is -0.323. The minimum Gasteiger partial charge on any atom is -0.399 e. The number of hydrogen-bond acceptors (Lipinski definition) is 4. The molecule has 134 valence electrons. The molecule has 1 spiro atoms. The zero-order valence-electron chi connectivity index (χ0n) is 15.8. The van der Waals surface area contributed by atoms with Gasteiger partial charge in [0.1, 0.15) is 0 Å². The molecule has 0 N–H and O–H groups in total. The van der Waals surface area contributed by atoms with Gasteiger partial charge in [0.2, 0.25) is 5.91 Å². The van der Waals surface area contributed by atoms with Crippen LogP contribution in [0.15, 0.2) is 24.3 Å². The SMILES string of the molecule is CC(=O)N1CC2(C1)CN(c1cccc(B3OC(C)(C)C(C)(C)O3)c1)C2. The summed E-state index contributed by atoms with van der Waals surface area (Å²) in [6.07, 6.45) is 0. The van der Waals surface area contributed by atoms with E-state index < -0.39 is 0 Å². The van der Waals surface area contributed by atoms with Gasteiger partial charge in [0, 0.05) is 44.2 Å². The maximum absolute atomic E-state index is 11.4. The number of hydrogen-bond donors (Lipinski definition) is 0. The zero-order valence-corrected chi connectivity index (χ0v) is 15.8. The van der Waals surface area contributed by atoms with Crippen molar-refractivity contribution in [2.24, 2.45) is 5.41 Å². The second kappa shape index (κ2) is 5.24. The highest BCUT2D eigenvalue weighted by Crippen LogP contribution is 2.42. The molecule has 1 amide bonds. The molecule has 0 radical (unpaired) electrons. The maximum Gasteiger partial charge on any atom is 0.494 e. The van der Waals surface area contributed by atoms with E-state index in [4.69, 9.17) is 9.31 Å². The van der Waals surface area contributed by atoms with Crippen LogP contribution in [0, 0.1) is 5.41 Å². The second-order valence-electron chi connectivity index (χ2n) is 8.91. The van der Waals surface area contributed by atoms with E-state index in [2.05, 4.69) is 56.9 Å². The highest BCUT2D eigenvalue weighted by atomic mass is 16.7. The highest BCUT2D eigenvalue weighted by molar-refractivity contribution is 6.62. The molecule has 3 fully saturated rings. The molecule has 0 aliphatic carbocycles. The van der Waals surface area contributed by atoms with Gasteiger partial charge in [-0.25, -0.2) is 0 Å². The summed E-state index contributed by atoms with van der Waals surface area (Å²) in [4.78, 5) is 15.7. The molecule has 4 rings (SSSR count). The van der Waals surface area contributed by atoms with E-state index in [9.17, 15) is 4.79 Å². The number of anilines is 1. The lowest BCUT2D eigenvalue weighted by atomic mass is 9.72. The molecule has 6 heteroatoms. The van der Waals surface area contributed by atoms with Gasteiger partial charge in [-0.1, -0.05) is 12.1 Å². The third kappa shape index (κ3) is 2.66. The number of nitrogens with zero attached hydrogens (tertiary/aromatic N) is 2. The largest absolute Gasteiger partial charge is 0.494 e. The van der Waals surface area contributed by atoms with Crippen LogP contribution >= 0.6 is 0 Å². The molecule has 0 saturated carbocycles. The molecule has 25 heavy (non-hydrogen) atoms. The van der Waals surface area contributed by atoms with Crippen LogP contribution in [0.4, 0.5) is 5.69 Å². The number of benzene rings is 1. The summed E-state index contributed by atoms with van der Waals surface area (Å²) in [5.74, 6) is 0.187. The number of carbonyl (C=O) groups is 1. The van der Waals surface area contributed by atoms with E-state index in [0.29, 0.717) is 5.41 Å². The molecule has 0 unspecified atom stereocenters. The van der Waals surface area contributed by atoms with E-state index in [1.807, 2.05) is 4.90 Å². The van der Waals surface area contributed by atoms with Gasteiger partial charge in [-0.3, -0.25) is 4.79 Å². The Bertz CT molecular complexity index is 688. The normalized spacial score (nSPS) is 25.7. The lowest BCUT2D eigenvalue weighted by Crippen LogP contribution is -2.73. The Morgan fingerprint density at radius 3 is 2.20 bits per heavy atom. The topological polar surface area (TPSA) is 42.0 Å². The van der Waals surface area contributed by atoms with Crippen LogP contribution in [-0.4, -0.2) is 55.3 Å². The molecule has 5 nitrogen and oxygen atoms in total. The first-order chi connectivity index (χ1) is 11.6. The van der Waals surface area contributed by atoms with Gasteiger partial charge < -0.3 is 19.1 Å². The van der Waals surface area contributed by atoms with Crippen molar-refractivity contribution in [3.63, 3.8) is 0 Å². The van der Waals surface area contributed by atoms with Crippen LogP contribution < -0.4 is 10.4 Å². The van der Waals surface area contributed by atoms with Gasteiger partial charge in [-0.2, -0.15) is 0 Å². The third-order valence-corrected chi connectivity index (χ3v) is 6.31. The molecule has 3 heterocycles. The van der Waals surface area contributed by atoms with E-state index in [1.165, 1.54) is 5.69 Å². The number of rotatable bonds is 2. The van der Waals surface area contributed by atoms with Crippen LogP contribution in [-0.2, 0) is 14.1 Å². The van der Waals surface area contributed by atoms with Crippen LogP contribution in [0.1, 0.15) is 34.6 Å². The van der Waals surface area contributed by atoms with Gasteiger partial charge in [0.25, 0.3) is 0 Å². The summed E-state index contributed by atoms with van der Waals surface area (Å²) in [6.45, 7) is 13.8. The van der Waals surface area contributed by atoms with Gasteiger partial charge in [-0.05, 0) is 45.3 Å². The summed E-state index contributed by atoms with van der Waals surface area (Å²) in [5, 5.41) is 0. The molecule has 1 aromatic carbocycles. The Kier molecular flexibility index (Phi) is 3.55. The molecule has 0 bridgehead atoms. The Morgan fingerprint density at radius 2 is 1.64 bits per heavy atom. The molecule has 3 aliphatic heterocycles. The van der Waals surface area contributed by atoms with Crippen molar-refractivity contribution < 1.29 is 14.1 Å². The smallest absolute Gasteiger partial charge is 0.399 e. The van der Waals surface area contributed by atoms with Gasteiger partial charge >= 0.3 is 7.12 Å². The molecule has 1 aromatic rings. The summed E-state index contributed by atoms with van der Waals surface area (Å²) < 4.78 is 12.3. The highest BCUT2D eigenvalue weighted by Gasteiger charge is 2.53. The van der Waals surface area contributed by atoms with E-state index in [0.717, 1.165) is 31.6 Å². The van der Waals surface area contributed by atoms with Crippen LogP contribution in [0.25, 0.3) is 0 Å². The van der Waals surface area contributed by atoms with E-state index in [-0.39, 0.29) is 24.2 Å².